The molecule has 1 N–H and O–H groups in total. The lowest BCUT2D eigenvalue weighted by molar-refractivity contribution is -0.131. The lowest BCUT2D eigenvalue weighted by atomic mass is 9.92. The van der Waals surface area contributed by atoms with E-state index in [0.717, 1.165) is 21.9 Å². The smallest absolute Gasteiger partial charge is 0.308 e. The number of hydrogen-bond donors (Lipinski definition) is 1. The summed E-state index contributed by atoms with van der Waals surface area (Å²) in [4.78, 5) is 24.3. The molecule has 0 aromatic heterocycles. The van der Waals surface area contributed by atoms with Gasteiger partial charge in [-0.05, 0) is 34.5 Å². The first-order valence-corrected chi connectivity index (χ1v) is 9.50. The van der Waals surface area contributed by atoms with E-state index in [0.29, 0.717) is 10.8 Å². The number of nitrogens with one attached hydrogen (secondary N) is 1. The molecule has 3 aromatic carbocycles. The first kappa shape index (κ1) is 19.9. The molecule has 0 aliphatic carbocycles. The van der Waals surface area contributed by atoms with Crippen molar-refractivity contribution in [2.75, 3.05) is 0 Å². The van der Waals surface area contributed by atoms with Gasteiger partial charge in [0.05, 0.1) is 6.04 Å². The van der Waals surface area contributed by atoms with Gasteiger partial charge in [-0.1, -0.05) is 67.9 Å². The van der Waals surface area contributed by atoms with E-state index in [4.69, 9.17) is 16.3 Å². The van der Waals surface area contributed by atoms with Gasteiger partial charge < -0.3 is 10.1 Å². The van der Waals surface area contributed by atoms with Crippen LogP contribution in [0.1, 0.15) is 37.9 Å². The van der Waals surface area contributed by atoms with Crippen LogP contribution in [0.25, 0.3) is 10.8 Å². The van der Waals surface area contributed by atoms with Crippen molar-refractivity contribution in [1.29, 1.82) is 0 Å². The molecule has 144 valence electrons. The normalized spacial score (nSPS) is 12.0. The maximum absolute atomic E-state index is 12.6. The lowest BCUT2D eigenvalue weighted by Gasteiger charge is -2.24. The Bertz CT molecular complexity index is 1010. The van der Waals surface area contributed by atoms with E-state index < -0.39 is 12.0 Å². The number of rotatable bonds is 5. The van der Waals surface area contributed by atoms with Crippen LogP contribution < -0.4 is 10.1 Å². The summed E-state index contributed by atoms with van der Waals surface area (Å²) in [6, 6.07) is 18.3. The topological polar surface area (TPSA) is 55.4 Å². The minimum Gasteiger partial charge on any atom is -0.426 e. The number of carbonyl (C=O) groups excluding carboxylic acids is 2. The van der Waals surface area contributed by atoms with Gasteiger partial charge in [-0.25, -0.2) is 0 Å². The summed E-state index contributed by atoms with van der Waals surface area (Å²) in [5.41, 5.74) is 1.59. The van der Waals surface area contributed by atoms with E-state index in [-0.39, 0.29) is 11.8 Å². The van der Waals surface area contributed by atoms with E-state index in [2.05, 4.69) is 5.32 Å². The molecule has 0 aliphatic heterocycles. The minimum atomic E-state index is -0.493. The van der Waals surface area contributed by atoms with Gasteiger partial charge in [0.25, 0.3) is 0 Å². The predicted octanol–water partition coefficient (Wildman–Crippen LogP) is 5.28. The predicted molar refractivity (Wildman–Crippen MR) is 112 cm³/mol. The van der Waals surface area contributed by atoms with E-state index in [1.807, 2.05) is 56.3 Å². The van der Waals surface area contributed by atoms with Crippen LogP contribution in [0.5, 0.6) is 5.75 Å². The van der Waals surface area contributed by atoms with Crippen LogP contribution in [-0.2, 0) is 9.59 Å². The maximum Gasteiger partial charge on any atom is 0.308 e. The fourth-order valence-corrected chi connectivity index (χ4v) is 3.23. The zero-order valence-electron chi connectivity index (χ0n) is 16.0. The van der Waals surface area contributed by atoms with Crippen LogP contribution in [0.15, 0.2) is 60.7 Å². The Kier molecular flexibility index (Phi) is 6.00. The highest BCUT2D eigenvalue weighted by molar-refractivity contribution is 6.30. The number of fused-ring (bicyclic) bond motifs is 1. The van der Waals surface area contributed by atoms with Gasteiger partial charge in [0, 0.05) is 23.4 Å². The molecule has 0 spiro atoms. The van der Waals surface area contributed by atoms with Gasteiger partial charge in [0.2, 0.25) is 5.91 Å². The third kappa shape index (κ3) is 4.34. The highest BCUT2D eigenvalue weighted by Gasteiger charge is 2.25. The number of esters is 1. The SMILES string of the molecule is CC(=O)Oc1ccc2ccccc2c1C(NC(=O)C(C)C)c1ccc(Cl)cc1. The van der Waals surface area contributed by atoms with Crippen LogP contribution in [0.2, 0.25) is 5.02 Å². The Labute approximate surface area is 169 Å². The molecule has 0 bridgehead atoms. The summed E-state index contributed by atoms with van der Waals surface area (Å²) in [6.45, 7) is 5.04. The zero-order valence-corrected chi connectivity index (χ0v) is 16.8. The molecule has 0 saturated heterocycles. The average Bonchev–Trinajstić information content (AvgIpc) is 2.66. The van der Waals surface area contributed by atoms with Crippen LogP contribution in [0, 0.1) is 5.92 Å². The van der Waals surface area contributed by atoms with E-state index >= 15 is 0 Å². The molecule has 0 aliphatic rings. The molecule has 1 amide bonds. The first-order valence-electron chi connectivity index (χ1n) is 9.12. The fraction of sp³-hybridized carbons (Fsp3) is 0.217. The molecule has 3 aromatic rings. The fourth-order valence-electron chi connectivity index (χ4n) is 3.10. The number of amides is 1. The molecule has 1 unspecified atom stereocenters. The van der Waals surface area contributed by atoms with Crippen LogP contribution in [-0.4, -0.2) is 11.9 Å². The standard InChI is InChI=1S/C23H22ClNO3/c1-14(2)23(27)25-22(17-8-11-18(24)12-9-17)21-19-7-5-4-6-16(19)10-13-20(21)28-15(3)26/h4-14,22H,1-3H3,(H,25,27). The van der Waals surface area contributed by atoms with E-state index in [1.165, 1.54) is 6.92 Å². The summed E-state index contributed by atoms with van der Waals surface area (Å²) in [7, 11) is 0. The second kappa shape index (κ2) is 8.44. The van der Waals surface area contributed by atoms with Gasteiger partial charge in [0.15, 0.2) is 0 Å². The first-order chi connectivity index (χ1) is 13.4. The van der Waals surface area contributed by atoms with Crippen LogP contribution in [0.4, 0.5) is 0 Å². The summed E-state index contributed by atoms with van der Waals surface area (Å²) in [5, 5.41) is 5.61. The van der Waals surface area contributed by atoms with Crippen molar-refractivity contribution in [3.05, 3.63) is 76.8 Å². The third-order valence-corrected chi connectivity index (χ3v) is 4.74. The van der Waals surface area contributed by atoms with E-state index in [1.54, 1.807) is 18.2 Å². The lowest BCUT2D eigenvalue weighted by Crippen LogP contribution is -2.33. The molecule has 0 fully saturated rings. The number of carbonyl (C=O) groups is 2. The number of benzene rings is 3. The molecule has 5 heteroatoms. The molecule has 3 rings (SSSR count). The summed E-state index contributed by atoms with van der Waals surface area (Å²) in [6.07, 6.45) is 0. The number of ether oxygens (including phenoxy) is 1. The number of halogens is 1. The quantitative estimate of drug-likeness (QED) is 0.472. The van der Waals surface area contributed by atoms with Crippen molar-refractivity contribution in [3.8, 4) is 5.75 Å². The molecule has 0 saturated carbocycles. The Morgan fingerprint density at radius 1 is 0.964 bits per heavy atom. The Morgan fingerprint density at radius 2 is 1.64 bits per heavy atom. The molecule has 28 heavy (non-hydrogen) atoms. The van der Waals surface area contributed by atoms with Crippen molar-refractivity contribution in [2.24, 2.45) is 5.92 Å². The van der Waals surface area contributed by atoms with Gasteiger partial charge in [-0.2, -0.15) is 0 Å². The maximum atomic E-state index is 12.6. The molecular formula is C23H22ClNO3. The molecule has 4 nitrogen and oxygen atoms in total. The molecular weight excluding hydrogens is 374 g/mol. The second-order valence-electron chi connectivity index (χ2n) is 6.94. The average molecular weight is 396 g/mol. The number of hydrogen-bond acceptors (Lipinski definition) is 3. The van der Waals surface area contributed by atoms with Crippen molar-refractivity contribution >= 4 is 34.2 Å². The van der Waals surface area contributed by atoms with Crippen molar-refractivity contribution in [3.63, 3.8) is 0 Å². The zero-order chi connectivity index (χ0) is 20.3. The van der Waals surface area contributed by atoms with Crippen LogP contribution in [0.3, 0.4) is 0 Å². The highest BCUT2D eigenvalue weighted by Crippen LogP contribution is 2.37. The monoisotopic (exact) mass is 395 g/mol. The minimum absolute atomic E-state index is 0.0957. The van der Waals surface area contributed by atoms with Crippen molar-refractivity contribution in [2.45, 2.75) is 26.8 Å². The molecule has 0 heterocycles. The van der Waals surface area contributed by atoms with Gasteiger partial charge >= 0.3 is 5.97 Å². The summed E-state index contributed by atoms with van der Waals surface area (Å²) in [5.74, 6) is -0.277. The Hall–Kier alpha value is -2.85. The molecule has 0 radical (unpaired) electrons. The third-order valence-electron chi connectivity index (χ3n) is 4.49. The van der Waals surface area contributed by atoms with Gasteiger partial charge in [0.1, 0.15) is 5.75 Å². The van der Waals surface area contributed by atoms with Crippen LogP contribution >= 0.6 is 11.6 Å². The largest absolute Gasteiger partial charge is 0.426 e. The van der Waals surface area contributed by atoms with Gasteiger partial charge in [-0.15, -0.1) is 0 Å². The second-order valence-corrected chi connectivity index (χ2v) is 7.38. The van der Waals surface area contributed by atoms with Crippen molar-refractivity contribution in [1.82, 2.24) is 5.32 Å². The van der Waals surface area contributed by atoms with E-state index in [9.17, 15) is 9.59 Å². The summed E-state index contributed by atoms with van der Waals surface area (Å²) < 4.78 is 5.51. The Morgan fingerprint density at radius 3 is 2.29 bits per heavy atom. The Balaban J connectivity index is 2.25. The molecule has 1 atom stereocenters. The summed E-state index contributed by atoms with van der Waals surface area (Å²) >= 11 is 6.06. The van der Waals surface area contributed by atoms with Gasteiger partial charge in [-0.3, -0.25) is 9.59 Å². The highest BCUT2D eigenvalue weighted by atomic mass is 35.5. The van der Waals surface area contributed by atoms with Crippen molar-refractivity contribution < 1.29 is 14.3 Å².